The highest BCUT2D eigenvalue weighted by Crippen LogP contribution is 2.25. The number of aryl methyl sites for hydroxylation is 2. The summed E-state index contributed by atoms with van der Waals surface area (Å²) in [7, 11) is 0. The van der Waals surface area contributed by atoms with Crippen LogP contribution in [0.1, 0.15) is 36.8 Å². The first-order valence-corrected chi connectivity index (χ1v) is 6.77. The maximum Gasteiger partial charge on any atom is 0.305 e. The summed E-state index contributed by atoms with van der Waals surface area (Å²) in [5.41, 5.74) is 1.04. The molecule has 17 heavy (non-hydrogen) atoms. The molecule has 1 aromatic heterocycles. The topological polar surface area (TPSA) is 53.4 Å². The third kappa shape index (κ3) is 4.34. The number of unbranched alkanes of at least 4 members (excludes halogenated alkanes) is 1. The fraction of sp³-hybridized carbons (Fsp3) is 0.667. The Morgan fingerprint density at radius 3 is 2.59 bits per heavy atom. The third-order valence-electron chi connectivity index (χ3n) is 2.66. The highest BCUT2D eigenvalue weighted by molar-refractivity contribution is 7.15. The van der Waals surface area contributed by atoms with Gasteiger partial charge in [0, 0.05) is 18.0 Å². The van der Waals surface area contributed by atoms with Gasteiger partial charge in [-0.05, 0) is 20.3 Å². The van der Waals surface area contributed by atoms with Crippen LogP contribution in [0.15, 0.2) is 0 Å². The van der Waals surface area contributed by atoms with Crippen LogP contribution in [-0.4, -0.2) is 29.1 Å². The standard InChI is InChI=1S/C12H20N2O2S/c1-4-5-7-14(8-6-11(15)16)12-13-9(2)10(3)17-12/h4-8H2,1-3H3,(H,15,16). The molecule has 0 amide bonds. The Hall–Kier alpha value is -1.10. The summed E-state index contributed by atoms with van der Waals surface area (Å²) in [6.07, 6.45) is 2.34. The van der Waals surface area contributed by atoms with Crippen LogP contribution in [0.3, 0.4) is 0 Å². The number of carbonyl (C=O) groups is 1. The summed E-state index contributed by atoms with van der Waals surface area (Å²) < 4.78 is 0. The molecule has 0 saturated carbocycles. The highest BCUT2D eigenvalue weighted by atomic mass is 32.1. The quantitative estimate of drug-likeness (QED) is 0.815. The lowest BCUT2D eigenvalue weighted by Crippen LogP contribution is -2.27. The maximum absolute atomic E-state index is 10.6. The maximum atomic E-state index is 10.6. The van der Waals surface area contributed by atoms with Gasteiger partial charge in [-0.1, -0.05) is 13.3 Å². The number of carboxylic acid groups (broad SMARTS) is 1. The first-order chi connectivity index (χ1) is 8.04. The average Bonchev–Trinajstić information content (AvgIpc) is 2.59. The first kappa shape index (κ1) is 14.0. The molecule has 0 aliphatic carbocycles. The van der Waals surface area contributed by atoms with Crippen molar-refractivity contribution in [3.63, 3.8) is 0 Å². The van der Waals surface area contributed by atoms with E-state index in [4.69, 9.17) is 5.11 Å². The monoisotopic (exact) mass is 256 g/mol. The predicted octanol–water partition coefficient (Wildman–Crippen LogP) is 2.84. The number of hydrogen-bond donors (Lipinski definition) is 1. The molecule has 1 rings (SSSR count). The summed E-state index contributed by atoms with van der Waals surface area (Å²) in [6, 6.07) is 0. The van der Waals surface area contributed by atoms with Crippen LogP contribution in [0.5, 0.6) is 0 Å². The van der Waals surface area contributed by atoms with E-state index < -0.39 is 5.97 Å². The SMILES string of the molecule is CCCCN(CCC(=O)O)c1nc(C)c(C)s1. The largest absolute Gasteiger partial charge is 0.481 e. The van der Waals surface area contributed by atoms with Gasteiger partial charge in [0.05, 0.1) is 12.1 Å². The number of carboxylic acids is 1. The zero-order chi connectivity index (χ0) is 12.8. The van der Waals surface area contributed by atoms with Crippen molar-refractivity contribution >= 4 is 22.4 Å². The number of aromatic nitrogens is 1. The highest BCUT2D eigenvalue weighted by Gasteiger charge is 2.13. The molecule has 5 heteroatoms. The van der Waals surface area contributed by atoms with Gasteiger partial charge in [-0.3, -0.25) is 4.79 Å². The molecule has 1 aromatic rings. The van der Waals surface area contributed by atoms with E-state index in [0.717, 1.165) is 30.2 Å². The summed E-state index contributed by atoms with van der Waals surface area (Å²) in [6.45, 7) is 7.60. The summed E-state index contributed by atoms with van der Waals surface area (Å²) in [5.74, 6) is -0.753. The number of aliphatic carboxylic acids is 1. The second kappa shape index (κ2) is 6.59. The van der Waals surface area contributed by atoms with Crippen molar-refractivity contribution in [2.75, 3.05) is 18.0 Å². The van der Waals surface area contributed by atoms with E-state index in [1.165, 1.54) is 4.88 Å². The van der Waals surface area contributed by atoms with Crippen molar-refractivity contribution in [1.82, 2.24) is 4.98 Å². The van der Waals surface area contributed by atoms with Crippen LogP contribution < -0.4 is 4.90 Å². The molecule has 0 radical (unpaired) electrons. The van der Waals surface area contributed by atoms with Gasteiger partial charge >= 0.3 is 5.97 Å². The Morgan fingerprint density at radius 2 is 2.12 bits per heavy atom. The molecule has 1 heterocycles. The molecule has 0 aliphatic heterocycles. The third-order valence-corrected chi connectivity index (χ3v) is 3.80. The predicted molar refractivity (Wildman–Crippen MR) is 71.0 cm³/mol. The van der Waals surface area contributed by atoms with Crippen molar-refractivity contribution in [3.05, 3.63) is 10.6 Å². The molecule has 1 N–H and O–H groups in total. The van der Waals surface area contributed by atoms with Crippen LogP contribution >= 0.6 is 11.3 Å². The lowest BCUT2D eigenvalue weighted by atomic mass is 10.3. The van der Waals surface area contributed by atoms with Gasteiger partial charge in [0.15, 0.2) is 5.13 Å². The molecule has 0 saturated heterocycles. The Bertz CT molecular complexity index is 357. The fourth-order valence-electron chi connectivity index (χ4n) is 1.47. The van der Waals surface area contributed by atoms with Gasteiger partial charge in [0.25, 0.3) is 0 Å². The molecule has 4 nitrogen and oxygen atoms in total. The minimum Gasteiger partial charge on any atom is -0.481 e. The molecular weight excluding hydrogens is 236 g/mol. The van der Waals surface area contributed by atoms with E-state index >= 15 is 0 Å². The van der Waals surface area contributed by atoms with Gasteiger partial charge in [-0.25, -0.2) is 4.98 Å². The average molecular weight is 256 g/mol. The van der Waals surface area contributed by atoms with Crippen LogP contribution in [0.25, 0.3) is 0 Å². The summed E-state index contributed by atoms with van der Waals surface area (Å²) in [4.78, 5) is 18.4. The smallest absolute Gasteiger partial charge is 0.305 e. The Balaban J connectivity index is 2.70. The fourth-order valence-corrected chi connectivity index (χ4v) is 2.44. The number of rotatable bonds is 7. The normalized spacial score (nSPS) is 10.5. The minimum atomic E-state index is -0.753. The Morgan fingerprint density at radius 1 is 1.41 bits per heavy atom. The summed E-state index contributed by atoms with van der Waals surface area (Å²) >= 11 is 1.65. The van der Waals surface area contributed by atoms with E-state index in [-0.39, 0.29) is 6.42 Å². The van der Waals surface area contributed by atoms with Gasteiger partial charge in [0.1, 0.15) is 0 Å². The van der Waals surface area contributed by atoms with E-state index in [9.17, 15) is 4.79 Å². The Kier molecular flexibility index (Phi) is 5.41. The van der Waals surface area contributed by atoms with Crippen LogP contribution in [0.2, 0.25) is 0 Å². The second-order valence-corrected chi connectivity index (χ2v) is 5.30. The molecule has 0 spiro atoms. The van der Waals surface area contributed by atoms with E-state index in [2.05, 4.69) is 16.8 Å². The lowest BCUT2D eigenvalue weighted by molar-refractivity contribution is -0.136. The molecule has 0 atom stereocenters. The molecule has 0 fully saturated rings. The Labute approximate surface area is 106 Å². The van der Waals surface area contributed by atoms with Crippen molar-refractivity contribution in [2.45, 2.75) is 40.0 Å². The molecular formula is C12H20N2O2S. The van der Waals surface area contributed by atoms with Crippen LogP contribution in [-0.2, 0) is 4.79 Å². The van der Waals surface area contributed by atoms with Gasteiger partial charge in [-0.15, -0.1) is 11.3 Å². The number of nitrogens with zero attached hydrogens (tertiary/aromatic N) is 2. The van der Waals surface area contributed by atoms with Crippen molar-refractivity contribution in [3.8, 4) is 0 Å². The lowest BCUT2D eigenvalue weighted by Gasteiger charge is -2.20. The molecule has 0 aromatic carbocycles. The molecule has 96 valence electrons. The molecule has 0 bridgehead atoms. The van der Waals surface area contributed by atoms with Crippen molar-refractivity contribution in [1.29, 1.82) is 0 Å². The second-order valence-electron chi connectivity index (χ2n) is 4.12. The zero-order valence-electron chi connectivity index (χ0n) is 10.7. The first-order valence-electron chi connectivity index (χ1n) is 5.95. The van der Waals surface area contributed by atoms with Gasteiger partial charge < -0.3 is 10.0 Å². The number of anilines is 1. The van der Waals surface area contributed by atoms with E-state index in [1.807, 2.05) is 13.8 Å². The van der Waals surface area contributed by atoms with Crippen molar-refractivity contribution in [2.24, 2.45) is 0 Å². The number of hydrogen-bond acceptors (Lipinski definition) is 4. The van der Waals surface area contributed by atoms with Crippen LogP contribution in [0, 0.1) is 13.8 Å². The zero-order valence-corrected chi connectivity index (χ0v) is 11.5. The van der Waals surface area contributed by atoms with E-state index in [1.54, 1.807) is 11.3 Å². The van der Waals surface area contributed by atoms with Gasteiger partial charge in [-0.2, -0.15) is 0 Å². The van der Waals surface area contributed by atoms with Crippen LogP contribution in [0.4, 0.5) is 5.13 Å². The molecule has 0 unspecified atom stereocenters. The van der Waals surface area contributed by atoms with Gasteiger partial charge in [0.2, 0.25) is 0 Å². The van der Waals surface area contributed by atoms with E-state index in [0.29, 0.717) is 6.54 Å². The summed E-state index contributed by atoms with van der Waals surface area (Å²) in [5, 5.41) is 9.70. The molecule has 0 aliphatic rings. The van der Waals surface area contributed by atoms with Crippen molar-refractivity contribution < 1.29 is 9.90 Å². The number of thiazole rings is 1. The minimum absolute atomic E-state index is 0.168.